The van der Waals surface area contributed by atoms with Crippen molar-refractivity contribution in [3.63, 3.8) is 0 Å². The molecule has 0 spiro atoms. The van der Waals surface area contributed by atoms with Crippen molar-refractivity contribution in [2.45, 2.75) is 46.6 Å². The monoisotopic (exact) mass is 752 g/mol. The Balaban J connectivity index is 0.00000215. The summed E-state index contributed by atoms with van der Waals surface area (Å²) < 4.78 is 0. The summed E-state index contributed by atoms with van der Waals surface area (Å²) in [5.41, 5.74) is 20.1. The van der Waals surface area contributed by atoms with Crippen LogP contribution in [0.15, 0.2) is 176 Å². The second kappa shape index (κ2) is 15.2. The van der Waals surface area contributed by atoms with Crippen molar-refractivity contribution in [2.75, 3.05) is 15.5 Å². The highest BCUT2D eigenvalue weighted by molar-refractivity contribution is 5.96. The average molecular weight is 753 g/mol. The van der Waals surface area contributed by atoms with Crippen molar-refractivity contribution in [2.24, 2.45) is 0 Å². The number of aromatic nitrogens is 1. The summed E-state index contributed by atoms with van der Waals surface area (Å²) in [5, 5.41) is 7.72. The van der Waals surface area contributed by atoms with E-state index in [9.17, 15) is 0 Å². The Morgan fingerprint density at radius 2 is 1.19 bits per heavy atom. The van der Waals surface area contributed by atoms with Crippen LogP contribution in [0.5, 0.6) is 0 Å². The second-order valence-corrected chi connectivity index (χ2v) is 15.4. The van der Waals surface area contributed by atoms with Crippen LogP contribution in [-0.2, 0) is 12.0 Å². The number of pyridine rings is 1. The summed E-state index contributed by atoms with van der Waals surface area (Å²) in [4.78, 5) is 7.37. The Hall–Kier alpha value is -6.91. The smallest absolute Gasteiger partial charge is 0.138 e. The molecule has 2 N–H and O–H groups in total. The molecule has 0 saturated carbocycles. The molecule has 7 aromatic carbocycles. The molecule has 4 heteroatoms. The van der Waals surface area contributed by atoms with E-state index in [1.54, 1.807) is 0 Å². The van der Waals surface area contributed by atoms with Gasteiger partial charge in [-0.2, -0.15) is 0 Å². The normalized spacial score (nSPS) is 12.9. The number of rotatable bonds is 5. The van der Waals surface area contributed by atoms with Gasteiger partial charge in [-0.15, -0.1) is 0 Å². The topological polar surface area (TPSA) is 40.2 Å². The Kier molecular flexibility index (Phi) is 9.63. The molecule has 0 unspecified atom stereocenters. The Morgan fingerprint density at radius 3 is 2.00 bits per heavy atom. The van der Waals surface area contributed by atoms with Crippen LogP contribution in [0.1, 0.15) is 49.9 Å². The summed E-state index contributed by atoms with van der Waals surface area (Å²) >= 11 is 0. The van der Waals surface area contributed by atoms with Gasteiger partial charge in [0.05, 0.1) is 17.1 Å². The maximum absolute atomic E-state index is 5.07. The van der Waals surface area contributed by atoms with Gasteiger partial charge in [-0.1, -0.05) is 149 Å². The molecule has 0 radical (unpaired) electrons. The number of para-hydroxylation sites is 2. The summed E-state index contributed by atoms with van der Waals surface area (Å²) in [6, 6.07) is 61.3. The maximum Gasteiger partial charge on any atom is 0.138 e. The molecule has 0 bridgehead atoms. The lowest BCUT2D eigenvalue weighted by molar-refractivity contribution is 0.660. The summed E-state index contributed by atoms with van der Waals surface area (Å²) in [5.74, 6) is 0.843. The zero-order valence-corrected chi connectivity index (χ0v) is 33.8. The lowest BCUT2D eigenvalue weighted by atomic mass is 9.81. The molecule has 1 aliphatic heterocycles. The third-order valence-corrected chi connectivity index (χ3v) is 11.7. The van der Waals surface area contributed by atoms with E-state index < -0.39 is 0 Å². The fourth-order valence-electron chi connectivity index (χ4n) is 8.79. The second-order valence-electron chi connectivity index (χ2n) is 15.4. The van der Waals surface area contributed by atoms with E-state index in [0.717, 1.165) is 50.9 Å². The Bertz CT molecular complexity index is 2780. The van der Waals surface area contributed by atoms with Gasteiger partial charge in [-0.25, -0.2) is 4.98 Å². The molecular formula is C54H48N4. The van der Waals surface area contributed by atoms with Crippen LogP contribution in [-0.4, -0.2) is 4.98 Å². The number of hydrogen-bond donors (Lipinski definition) is 2. The Labute approximate surface area is 342 Å². The molecule has 1 aromatic heterocycles. The number of hydrogen-bond acceptors (Lipinski definition) is 4. The molecule has 1 aliphatic carbocycles. The van der Waals surface area contributed by atoms with Gasteiger partial charge in [0.15, 0.2) is 0 Å². The van der Waals surface area contributed by atoms with Gasteiger partial charge in [0.1, 0.15) is 5.82 Å². The minimum atomic E-state index is -0.0520. The largest absolute Gasteiger partial charge is 0.378 e. The minimum absolute atomic E-state index is 0.0520. The van der Waals surface area contributed by atoms with Gasteiger partial charge in [-0.3, -0.25) is 4.90 Å². The fraction of sp³-hybridized carbons (Fsp3) is 0.130. The van der Waals surface area contributed by atoms with Gasteiger partial charge in [0, 0.05) is 35.1 Å². The van der Waals surface area contributed by atoms with Gasteiger partial charge in [0.25, 0.3) is 0 Å². The quantitative estimate of drug-likeness (QED) is 0.184. The molecule has 10 rings (SSSR count). The third kappa shape index (κ3) is 6.41. The van der Waals surface area contributed by atoms with Gasteiger partial charge in [0.2, 0.25) is 0 Å². The molecule has 2 heterocycles. The Morgan fingerprint density at radius 1 is 0.534 bits per heavy atom. The molecule has 0 fully saturated rings. The summed E-state index contributed by atoms with van der Waals surface area (Å²) in [6.07, 6.45) is 1.94. The minimum Gasteiger partial charge on any atom is -0.378 e. The van der Waals surface area contributed by atoms with E-state index in [1.165, 1.54) is 50.1 Å². The first-order chi connectivity index (χ1) is 28.4. The van der Waals surface area contributed by atoms with E-state index in [-0.39, 0.29) is 5.41 Å². The zero-order valence-electron chi connectivity index (χ0n) is 33.8. The molecule has 8 aromatic rings. The predicted octanol–water partition coefficient (Wildman–Crippen LogP) is 14.9. The van der Waals surface area contributed by atoms with E-state index >= 15 is 0 Å². The summed E-state index contributed by atoms with van der Waals surface area (Å²) in [7, 11) is 0. The van der Waals surface area contributed by atoms with Crippen molar-refractivity contribution in [1.82, 2.24) is 4.98 Å². The van der Waals surface area contributed by atoms with E-state index in [4.69, 9.17) is 4.98 Å². The maximum atomic E-state index is 5.07. The number of fused-ring (bicyclic) bond motifs is 7. The fourth-order valence-corrected chi connectivity index (χ4v) is 8.79. The van der Waals surface area contributed by atoms with Gasteiger partial charge in [-0.05, 0) is 117 Å². The zero-order chi connectivity index (χ0) is 39.8. The molecule has 0 amide bonds. The number of anilines is 6. The molecule has 0 saturated heterocycles. The van der Waals surface area contributed by atoms with Crippen molar-refractivity contribution >= 4 is 34.3 Å². The first-order valence-corrected chi connectivity index (χ1v) is 20.4. The molecule has 0 atom stereocenters. The lowest BCUT2D eigenvalue weighted by Gasteiger charge is -2.30. The van der Waals surface area contributed by atoms with E-state index in [0.29, 0.717) is 6.54 Å². The molecule has 284 valence electrons. The van der Waals surface area contributed by atoms with Crippen molar-refractivity contribution in [1.29, 1.82) is 0 Å². The van der Waals surface area contributed by atoms with Crippen LogP contribution < -0.4 is 15.5 Å². The first kappa shape index (κ1) is 36.7. The van der Waals surface area contributed by atoms with Crippen LogP contribution >= 0.6 is 0 Å². The average Bonchev–Trinajstić information content (AvgIpc) is 3.54. The van der Waals surface area contributed by atoms with Crippen molar-refractivity contribution in [3.8, 4) is 44.5 Å². The number of nitrogens with zero attached hydrogens (tertiary/aromatic N) is 2. The van der Waals surface area contributed by atoms with E-state index in [2.05, 4.69) is 206 Å². The van der Waals surface area contributed by atoms with Crippen molar-refractivity contribution in [3.05, 3.63) is 198 Å². The third-order valence-electron chi connectivity index (χ3n) is 11.7. The highest BCUT2D eigenvalue weighted by Crippen LogP contribution is 2.50. The number of benzene rings is 7. The van der Waals surface area contributed by atoms with Gasteiger partial charge < -0.3 is 10.6 Å². The number of aryl methyl sites for hydroxylation is 1. The van der Waals surface area contributed by atoms with Crippen LogP contribution in [0.4, 0.5) is 34.3 Å². The molecular weight excluding hydrogens is 705 g/mol. The standard InChI is InChI=1S/C52H42N4.C2H6/c1-34-24-27-48-50(54-33-39-14-7-8-19-41(39)44-21-10-12-23-47(44)55-48)51(34)56(40-17-5-4-6-18-40)49-32-38(28-29-53-49)36-16-13-15-35(30-36)37-25-26-43-42-20-9-11-22-45(42)52(2,3)46(43)31-37;1-2/h4-32,54-55H,33H2,1-3H3;1-2H3. The highest BCUT2D eigenvalue weighted by Gasteiger charge is 2.35. The van der Waals surface area contributed by atoms with Crippen LogP contribution in [0.2, 0.25) is 0 Å². The molecule has 58 heavy (non-hydrogen) atoms. The SMILES string of the molecule is CC.Cc1ccc2c(c1N(c1ccccc1)c1cc(-c3cccc(-c4ccc5c(c4)C(C)(C)c4ccccc4-5)c3)ccn1)NCc1ccccc1-c1ccccc1N2. The predicted molar refractivity (Wildman–Crippen MR) is 246 cm³/mol. The molecule has 4 nitrogen and oxygen atoms in total. The van der Waals surface area contributed by atoms with E-state index in [1.807, 2.05) is 20.0 Å². The lowest BCUT2D eigenvalue weighted by Crippen LogP contribution is -2.16. The first-order valence-electron chi connectivity index (χ1n) is 20.4. The van der Waals surface area contributed by atoms with Crippen LogP contribution in [0, 0.1) is 6.92 Å². The molecule has 2 aliphatic rings. The summed E-state index contributed by atoms with van der Waals surface area (Å²) in [6.45, 7) is 11.5. The number of nitrogens with one attached hydrogen (secondary N) is 2. The van der Waals surface area contributed by atoms with Crippen molar-refractivity contribution < 1.29 is 0 Å². The van der Waals surface area contributed by atoms with Crippen LogP contribution in [0.3, 0.4) is 0 Å². The highest BCUT2D eigenvalue weighted by atomic mass is 15.2. The van der Waals surface area contributed by atoms with Crippen LogP contribution in [0.25, 0.3) is 44.5 Å². The van der Waals surface area contributed by atoms with Gasteiger partial charge >= 0.3 is 0 Å².